The van der Waals surface area contributed by atoms with Crippen LogP contribution < -0.4 is 5.73 Å². The largest absolute Gasteiger partial charge is 0.395 e. The number of rotatable bonds is 5. The summed E-state index contributed by atoms with van der Waals surface area (Å²) in [6.45, 7) is 2.11. The van der Waals surface area contributed by atoms with E-state index in [4.69, 9.17) is 5.73 Å². The van der Waals surface area contributed by atoms with Gasteiger partial charge in [0.15, 0.2) is 0 Å². The molecule has 1 saturated heterocycles. The van der Waals surface area contributed by atoms with Gasteiger partial charge in [-0.15, -0.1) is 0 Å². The summed E-state index contributed by atoms with van der Waals surface area (Å²) in [7, 11) is 0. The van der Waals surface area contributed by atoms with Crippen molar-refractivity contribution in [2.75, 3.05) is 19.7 Å². The maximum atomic E-state index is 13.2. The summed E-state index contributed by atoms with van der Waals surface area (Å²) in [5.41, 5.74) is 7.00. The van der Waals surface area contributed by atoms with E-state index >= 15 is 0 Å². The number of benzene rings is 1. The molecule has 0 aliphatic carbocycles. The van der Waals surface area contributed by atoms with Crippen LogP contribution in [0.2, 0.25) is 0 Å². The van der Waals surface area contributed by atoms with E-state index in [1.54, 1.807) is 6.07 Å². The quantitative estimate of drug-likeness (QED) is 0.871. The van der Waals surface area contributed by atoms with Gasteiger partial charge in [0.1, 0.15) is 5.82 Å². The molecule has 1 aromatic carbocycles. The van der Waals surface area contributed by atoms with Crippen molar-refractivity contribution in [3.63, 3.8) is 0 Å². The fraction of sp³-hybridized carbons (Fsp3) is 0.625. The Morgan fingerprint density at radius 3 is 2.95 bits per heavy atom. The molecule has 1 aromatic rings. The molecule has 3 N–H and O–H groups in total. The monoisotopic (exact) mass is 280 g/mol. The Bertz CT molecular complexity index is 413. The molecule has 1 aliphatic heterocycles. The van der Waals surface area contributed by atoms with Crippen LogP contribution in [-0.2, 0) is 0 Å². The molecule has 1 heterocycles. The second kappa shape index (κ2) is 7.72. The Morgan fingerprint density at radius 2 is 2.20 bits per heavy atom. The van der Waals surface area contributed by atoms with Crippen LogP contribution >= 0.6 is 0 Å². The average Bonchev–Trinajstić information content (AvgIpc) is 2.69. The summed E-state index contributed by atoms with van der Waals surface area (Å²) in [6, 6.07) is 6.64. The van der Waals surface area contributed by atoms with E-state index < -0.39 is 0 Å². The van der Waals surface area contributed by atoms with Crippen molar-refractivity contribution < 1.29 is 9.50 Å². The van der Waals surface area contributed by atoms with Crippen molar-refractivity contribution in [3.05, 3.63) is 35.6 Å². The summed E-state index contributed by atoms with van der Waals surface area (Å²) < 4.78 is 13.2. The minimum atomic E-state index is -0.235. The van der Waals surface area contributed by atoms with Crippen molar-refractivity contribution in [2.24, 2.45) is 5.73 Å². The third-order valence-corrected chi connectivity index (χ3v) is 4.21. The first-order valence-electron chi connectivity index (χ1n) is 7.56. The summed E-state index contributed by atoms with van der Waals surface area (Å²) in [5, 5.41) is 9.48. The SMILES string of the molecule is NC(CCN1CCCCCC1CO)c1cccc(F)c1. The molecule has 1 fully saturated rings. The number of hydrogen-bond donors (Lipinski definition) is 2. The first-order valence-corrected chi connectivity index (χ1v) is 7.56. The van der Waals surface area contributed by atoms with Crippen LogP contribution in [0, 0.1) is 5.82 Å². The molecule has 20 heavy (non-hydrogen) atoms. The summed E-state index contributed by atoms with van der Waals surface area (Å²) in [6.07, 6.45) is 5.47. The van der Waals surface area contributed by atoms with Gasteiger partial charge in [-0.3, -0.25) is 4.90 Å². The van der Waals surface area contributed by atoms with E-state index in [9.17, 15) is 9.50 Å². The number of hydrogen-bond acceptors (Lipinski definition) is 3. The van der Waals surface area contributed by atoms with Gasteiger partial charge >= 0.3 is 0 Å². The lowest BCUT2D eigenvalue weighted by molar-refractivity contribution is 0.121. The van der Waals surface area contributed by atoms with Crippen LogP contribution in [0.25, 0.3) is 0 Å². The van der Waals surface area contributed by atoms with Crippen molar-refractivity contribution >= 4 is 0 Å². The molecule has 0 amide bonds. The zero-order chi connectivity index (χ0) is 14.4. The molecular weight excluding hydrogens is 255 g/mol. The highest BCUT2D eigenvalue weighted by Gasteiger charge is 2.20. The number of nitrogens with zero attached hydrogens (tertiary/aromatic N) is 1. The van der Waals surface area contributed by atoms with E-state index in [-0.39, 0.29) is 24.5 Å². The van der Waals surface area contributed by atoms with Gasteiger partial charge in [0.05, 0.1) is 6.61 Å². The van der Waals surface area contributed by atoms with Crippen LogP contribution in [-0.4, -0.2) is 35.7 Å². The lowest BCUT2D eigenvalue weighted by Gasteiger charge is -2.29. The lowest BCUT2D eigenvalue weighted by atomic mass is 10.0. The Balaban J connectivity index is 1.89. The molecule has 2 unspecified atom stereocenters. The average molecular weight is 280 g/mol. The molecule has 2 rings (SSSR count). The second-order valence-corrected chi connectivity index (χ2v) is 5.67. The number of aliphatic hydroxyl groups is 1. The fourth-order valence-electron chi connectivity index (χ4n) is 2.95. The summed E-state index contributed by atoms with van der Waals surface area (Å²) >= 11 is 0. The summed E-state index contributed by atoms with van der Waals surface area (Å²) in [4.78, 5) is 2.34. The van der Waals surface area contributed by atoms with E-state index in [1.165, 1.54) is 31.4 Å². The molecule has 2 atom stereocenters. The molecule has 0 bridgehead atoms. The first-order chi connectivity index (χ1) is 9.70. The maximum Gasteiger partial charge on any atom is 0.123 e. The molecule has 4 heteroatoms. The van der Waals surface area contributed by atoms with Gasteiger partial charge in [0, 0.05) is 18.6 Å². The molecule has 0 spiro atoms. The van der Waals surface area contributed by atoms with Crippen LogP contribution in [0.1, 0.15) is 43.7 Å². The molecule has 112 valence electrons. The van der Waals surface area contributed by atoms with Crippen molar-refractivity contribution in [1.82, 2.24) is 4.90 Å². The fourth-order valence-corrected chi connectivity index (χ4v) is 2.95. The topological polar surface area (TPSA) is 49.5 Å². The zero-order valence-electron chi connectivity index (χ0n) is 12.0. The van der Waals surface area contributed by atoms with Crippen LogP contribution in [0.15, 0.2) is 24.3 Å². The Labute approximate surface area is 120 Å². The lowest BCUT2D eigenvalue weighted by Crippen LogP contribution is -2.39. The molecule has 0 saturated carbocycles. The minimum Gasteiger partial charge on any atom is -0.395 e. The van der Waals surface area contributed by atoms with E-state index in [2.05, 4.69) is 4.90 Å². The van der Waals surface area contributed by atoms with Crippen molar-refractivity contribution in [2.45, 2.75) is 44.2 Å². The standard InChI is InChI=1S/C16H25FN2O/c17-14-6-4-5-13(11-14)16(18)8-10-19-9-3-1-2-7-15(19)12-20/h4-6,11,15-16,20H,1-3,7-10,12,18H2. The maximum absolute atomic E-state index is 13.2. The molecule has 0 radical (unpaired) electrons. The van der Waals surface area contributed by atoms with Gasteiger partial charge in [-0.05, 0) is 43.5 Å². The second-order valence-electron chi connectivity index (χ2n) is 5.67. The smallest absolute Gasteiger partial charge is 0.123 e. The van der Waals surface area contributed by atoms with Crippen LogP contribution in [0.5, 0.6) is 0 Å². The predicted octanol–water partition coefficient (Wildman–Crippen LogP) is 2.45. The van der Waals surface area contributed by atoms with Crippen molar-refractivity contribution in [1.29, 1.82) is 0 Å². The van der Waals surface area contributed by atoms with Crippen LogP contribution in [0.4, 0.5) is 4.39 Å². The number of likely N-dealkylation sites (tertiary alicyclic amines) is 1. The van der Waals surface area contributed by atoms with E-state index in [0.717, 1.165) is 31.5 Å². The number of nitrogens with two attached hydrogens (primary N) is 1. The molecular formula is C16H25FN2O. The van der Waals surface area contributed by atoms with Gasteiger partial charge in [-0.2, -0.15) is 0 Å². The van der Waals surface area contributed by atoms with Gasteiger partial charge in [-0.1, -0.05) is 25.0 Å². The van der Waals surface area contributed by atoms with E-state index in [0.29, 0.717) is 0 Å². The third kappa shape index (κ3) is 4.27. The van der Waals surface area contributed by atoms with Gasteiger partial charge < -0.3 is 10.8 Å². The Morgan fingerprint density at radius 1 is 1.35 bits per heavy atom. The molecule has 3 nitrogen and oxygen atoms in total. The van der Waals surface area contributed by atoms with Crippen LogP contribution in [0.3, 0.4) is 0 Å². The highest BCUT2D eigenvalue weighted by atomic mass is 19.1. The van der Waals surface area contributed by atoms with Gasteiger partial charge in [0.25, 0.3) is 0 Å². The predicted molar refractivity (Wildman–Crippen MR) is 78.9 cm³/mol. The Hall–Kier alpha value is -0.970. The van der Waals surface area contributed by atoms with E-state index in [1.807, 2.05) is 6.07 Å². The highest BCUT2D eigenvalue weighted by Crippen LogP contribution is 2.20. The van der Waals surface area contributed by atoms with Gasteiger partial charge in [-0.25, -0.2) is 4.39 Å². The normalized spacial score (nSPS) is 22.4. The highest BCUT2D eigenvalue weighted by molar-refractivity contribution is 5.19. The van der Waals surface area contributed by atoms with Gasteiger partial charge in [0.2, 0.25) is 0 Å². The number of aliphatic hydroxyl groups excluding tert-OH is 1. The van der Waals surface area contributed by atoms with Crippen molar-refractivity contribution in [3.8, 4) is 0 Å². The summed E-state index contributed by atoms with van der Waals surface area (Å²) in [5.74, 6) is -0.235. The minimum absolute atomic E-state index is 0.145. The zero-order valence-corrected chi connectivity index (χ0v) is 12.0. The third-order valence-electron chi connectivity index (χ3n) is 4.21. The first kappa shape index (κ1) is 15.4. The molecule has 1 aliphatic rings. The molecule has 0 aromatic heterocycles. The Kier molecular flexibility index (Phi) is 5.95. The number of halogens is 1.